The summed E-state index contributed by atoms with van der Waals surface area (Å²) >= 11 is 3.61. The zero-order valence-electron chi connectivity index (χ0n) is 10.7. The van der Waals surface area contributed by atoms with E-state index in [1.165, 1.54) is 5.69 Å². The third-order valence-corrected chi connectivity index (χ3v) is 4.42. The molecule has 1 aromatic rings. The molecule has 0 spiro atoms. The van der Waals surface area contributed by atoms with Crippen molar-refractivity contribution in [2.24, 2.45) is 11.8 Å². The maximum absolute atomic E-state index is 9.55. The Kier molecular flexibility index (Phi) is 3.79. The van der Waals surface area contributed by atoms with Crippen molar-refractivity contribution < 1.29 is 5.11 Å². The first-order valence-corrected chi connectivity index (χ1v) is 7.00. The summed E-state index contributed by atoms with van der Waals surface area (Å²) in [6.07, 6.45) is -0.406. The predicted molar refractivity (Wildman–Crippen MR) is 75.3 cm³/mol. The van der Waals surface area contributed by atoms with E-state index in [2.05, 4.69) is 40.7 Å². The van der Waals surface area contributed by atoms with Crippen LogP contribution in [-0.4, -0.2) is 18.2 Å². The van der Waals surface area contributed by atoms with Gasteiger partial charge in [-0.15, -0.1) is 0 Å². The van der Waals surface area contributed by atoms with E-state index < -0.39 is 6.10 Å². The highest BCUT2D eigenvalue weighted by atomic mass is 79.9. The minimum atomic E-state index is -0.406. The van der Waals surface area contributed by atoms with Crippen LogP contribution in [-0.2, 0) is 0 Å². The maximum atomic E-state index is 9.55. The lowest BCUT2D eigenvalue weighted by Crippen LogP contribution is -2.20. The molecular weight excluding hydrogens is 278 g/mol. The first-order chi connectivity index (χ1) is 7.99. The summed E-state index contributed by atoms with van der Waals surface area (Å²) in [6, 6.07) is 6.14. The van der Waals surface area contributed by atoms with Crippen molar-refractivity contribution in [1.82, 2.24) is 0 Å². The number of anilines is 1. The molecule has 1 N–H and O–H groups in total. The van der Waals surface area contributed by atoms with Crippen molar-refractivity contribution in [1.29, 1.82) is 0 Å². The van der Waals surface area contributed by atoms with Crippen molar-refractivity contribution in [3.8, 4) is 0 Å². The molecule has 3 heteroatoms. The van der Waals surface area contributed by atoms with Crippen LogP contribution in [0, 0.1) is 11.8 Å². The lowest BCUT2D eigenvalue weighted by atomic mass is 10.0. The number of hydrogen-bond acceptors (Lipinski definition) is 2. The van der Waals surface area contributed by atoms with Crippen LogP contribution in [0.2, 0.25) is 0 Å². The Bertz CT molecular complexity index is 395. The molecule has 1 saturated heterocycles. The molecule has 2 rings (SSSR count). The summed E-state index contributed by atoms with van der Waals surface area (Å²) in [5, 5.41) is 9.55. The Morgan fingerprint density at radius 2 is 1.88 bits per heavy atom. The first-order valence-electron chi connectivity index (χ1n) is 6.21. The molecule has 0 amide bonds. The number of halogens is 1. The topological polar surface area (TPSA) is 23.5 Å². The second-order valence-corrected chi connectivity index (χ2v) is 6.10. The van der Waals surface area contributed by atoms with Gasteiger partial charge in [0, 0.05) is 17.6 Å². The second kappa shape index (κ2) is 4.99. The smallest absolute Gasteiger partial charge is 0.0762 e. The number of rotatable bonds is 2. The molecule has 0 radical (unpaired) electrons. The Hall–Kier alpha value is -0.540. The fraction of sp³-hybridized carbons (Fsp3) is 0.571. The number of aliphatic hydroxyl groups is 1. The van der Waals surface area contributed by atoms with Gasteiger partial charge in [0.15, 0.2) is 0 Å². The van der Waals surface area contributed by atoms with Crippen LogP contribution in [0.15, 0.2) is 22.7 Å². The van der Waals surface area contributed by atoms with Crippen molar-refractivity contribution in [2.45, 2.75) is 26.9 Å². The summed E-state index contributed by atoms with van der Waals surface area (Å²) in [5.74, 6) is 1.50. The van der Waals surface area contributed by atoms with Crippen LogP contribution < -0.4 is 4.90 Å². The average Bonchev–Trinajstić information content (AvgIpc) is 2.58. The number of benzene rings is 1. The average molecular weight is 298 g/mol. The Morgan fingerprint density at radius 1 is 1.29 bits per heavy atom. The summed E-state index contributed by atoms with van der Waals surface area (Å²) in [7, 11) is 0. The number of hydrogen-bond donors (Lipinski definition) is 1. The van der Waals surface area contributed by atoms with E-state index in [1.54, 1.807) is 6.92 Å². The summed E-state index contributed by atoms with van der Waals surface area (Å²) in [5.41, 5.74) is 2.20. The summed E-state index contributed by atoms with van der Waals surface area (Å²) in [4.78, 5) is 2.42. The van der Waals surface area contributed by atoms with E-state index in [1.807, 2.05) is 12.1 Å². The Balaban J connectivity index is 2.23. The second-order valence-electron chi connectivity index (χ2n) is 5.25. The van der Waals surface area contributed by atoms with Gasteiger partial charge in [-0.3, -0.25) is 0 Å². The van der Waals surface area contributed by atoms with E-state index in [9.17, 15) is 5.11 Å². The van der Waals surface area contributed by atoms with Crippen molar-refractivity contribution in [3.05, 3.63) is 28.2 Å². The molecule has 0 aliphatic carbocycles. The van der Waals surface area contributed by atoms with E-state index in [0.717, 1.165) is 35.0 Å². The van der Waals surface area contributed by atoms with Crippen LogP contribution in [0.25, 0.3) is 0 Å². The summed E-state index contributed by atoms with van der Waals surface area (Å²) in [6.45, 7) is 8.65. The highest BCUT2D eigenvalue weighted by Gasteiger charge is 2.27. The lowest BCUT2D eigenvalue weighted by molar-refractivity contribution is 0.199. The molecule has 3 atom stereocenters. The van der Waals surface area contributed by atoms with Gasteiger partial charge in [-0.25, -0.2) is 0 Å². The van der Waals surface area contributed by atoms with Crippen molar-refractivity contribution >= 4 is 21.6 Å². The molecule has 3 unspecified atom stereocenters. The van der Waals surface area contributed by atoms with Gasteiger partial charge in [-0.1, -0.05) is 19.9 Å². The third-order valence-electron chi connectivity index (χ3n) is 3.78. The van der Waals surface area contributed by atoms with Gasteiger partial charge in [-0.2, -0.15) is 0 Å². The van der Waals surface area contributed by atoms with Crippen molar-refractivity contribution in [3.63, 3.8) is 0 Å². The van der Waals surface area contributed by atoms with Crippen LogP contribution in [0.5, 0.6) is 0 Å². The van der Waals surface area contributed by atoms with Gasteiger partial charge in [0.05, 0.1) is 11.8 Å². The highest BCUT2D eigenvalue weighted by Crippen LogP contribution is 2.34. The Morgan fingerprint density at radius 3 is 2.35 bits per heavy atom. The molecular formula is C14H20BrNO. The molecule has 1 aliphatic heterocycles. The minimum Gasteiger partial charge on any atom is -0.389 e. The van der Waals surface area contributed by atoms with E-state index >= 15 is 0 Å². The molecule has 0 saturated carbocycles. The van der Waals surface area contributed by atoms with E-state index in [-0.39, 0.29) is 0 Å². The molecule has 1 fully saturated rings. The number of aliphatic hydroxyl groups excluding tert-OH is 1. The molecule has 0 aromatic heterocycles. The van der Waals surface area contributed by atoms with Gasteiger partial charge in [0.2, 0.25) is 0 Å². The maximum Gasteiger partial charge on any atom is 0.0762 e. The molecule has 94 valence electrons. The zero-order valence-corrected chi connectivity index (χ0v) is 12.2. The predicted octanol–water partition coefficient (Wildman–Crippen LogP) is 3.59. The van der Waals surface area contributed by atoms with Crippen LogP contribution in [0.4, 0.5) is 5.69 Å². The Labute approximate surface area is 112 Å². The highest BCUT2D eigenvalue weighted by molar-refractivity contribution is 9.10. The van der Waals surface area contributed by atoms with Gasteiger partial charge < -0.3 is 10.0 Å². The standard InChI is InChI=1S/C14H20BrNO/c1-9-7-16(8-10(9)2)14-5-4-12(11(3)17)6-13(14)15/h4-6,9-11,17H,7-8H2,1-3H3. The van der Waals surface area contributed by atoms with E-state index in [0.29, 0.717) is 0 Å². The first kappa shape index (κ1) is 12.9. The van der Waals surface area contributed by atoms with Gasteiger partial charge in [-0.05, 0) is 52.4 Å². The monoisotopic (exact) mass is 297 g/mol. The van der Waals surface area contributed by atoms with Gasteiger partial charge in [0.25, 0.3) is 0 Å². The lowest BCUT2D eigenvalue weighted by Gasteiger charge is -2.21. The fourth-order valence-electron chi connectivity index (χ4n) is 2.37. The molecule has 1 heterocycles. The molecule has 1 aliphatic rings. The minimum absolute atomic E-state index is 0.406. The fourth-order valence-corrected chi connectivity index (χ4v) is 3.01. The van der Waals surface area contributed by atoms with E-state index in [4.69, 9.17) is 0 Å². The number of nitrogens with zero attached hydrogens (tertiary/aromatic N) is 1. The van der Waals surface area contributed by atoms with Gasteiger partial charge in [0.1, 0.15) is 0 Å². The molecule has 1 aromatic carbocycles. The summed E-state index contributed by atoms with van der Waals surface area (Å²) < 4.78 is 1.08. The third kappa shape index (κ3) is 2.66. The quantitative estimate of drug-likeness (QED) is 0.902. The molecule has 17 heavy (non-hydrogen) atoms. The van der Waals surface area contributed by atoms with Crippen molar-refractivity contribution in [2.75, 3.05) is 18.0 Å². The van der Waals surface area contributed by atoms with Gasteiger partial charge >= 0.3 is 0 Å². The van der Waals surface area contributed by atoms with Crippen LogP contribution in [0.3, 0.4) is 0 Å². The molecule has 2 nitrogen and oxygen atoms in total. The normalized spacial score (nSPS) is 26.3. The van der Waals surface area contributed by atoms with Crippen LogP contribution >= 0.6 is 15.9 Å². The largest absolute Gasteiger partial charge is 0.389 e. The molecule has 0 bridgehead atoms. The van der Waals surface area contributed by atoms with Crippen LogP contribution in [0.1, 0.15) is 32.4 Å². The SMILES string of the molecule is CC(O)c1ccc(N2CC(C)C(C)C2)c(Br)c1. The zero-order chi connectivity index (χ0) is 12.6.